The van der Waals surface area contributed by atoms with Gasteiger partial charge in [0.2, 0.25) is 5.91 Å². The van der Waals surface area contributed by atoms with Crippen LogP contribution < -0.4 is 10.9 Å². The Morgan fingerprint density at radius 2 is 1.88 bits per heavy atom. The molecule has 3 aromatic rings. The molecule has 5 nitrogen and oxygen atoms in total. The number of carbonyl (C=O) groups excluding carboxylic acids is 1. The van der Waals surface area contributed by atoms with Gasteiger partial charge in [0, 0.05) is 14.3 Å². The summed E-state index contributed by atoms with van der Waals surface area (Å²) < 4.78 is 54.5. The van der Waals surface area contributed by atoms with E-state index in [1.807, 2.05) is 0 Å². The Labute approximate surface area is 190 Å². The van der Waals surface area contributed by atoms with Crippen LogP contribution in [0.2, 0.25) is 0 Å². The number of hydrogen-bond donors (Lipinski definition) is 2. The Bertz CT molecular complexity index is 1280. The number of halogens is 4. The second-order valence-electron chi connectivity index (χ2n) is 9.21. The Kier molecular flexibility index (Phi) is 5.99. The average molecular weight is 465 g/mol. The highest BCUT2D eigenvalue weighted by Gasteiger charge is 2.52. The van der Waals surface area contributed by atoms with Crippen LogP contribution in [0.1, 0.15) is 53.3 Å². The maximum Gasteiger partial charge on any atom is 0.255 e. The summed E-state index contributed by atoms with van der Waals surface area (Å²) in [4.78, 5) is 30.1. The molecule has 2 heterocycles. The molecule has 3 aliphatic carbocycles. The van der Waals surface area contributed by atoms with Crippen molar-refractivity contribution in [2.75, 3.05) is 0 Å². The summed E-state index contributed by atoms with van der Waals surface area (Å²) in [6.07, 6.45) is 4.79. The van der Waals surface area contributed by atoms with Crippen molar-refractivity contribution in [3.63, 3.8) is 0 Å². The van der Waals surface area contributed by atoms with Crippen LogP contribution in [0.15, 0.2) is 35.3 Å². The van der Waals surface area contributed by atoms with Crippen molar-refractivity contribution in [3.8, 4) is 0 Å². The van der Waals surface area contributed by atoms with Crippen molar-refractivity contribution in [2.24, 2.45) is 11.3 Å². The van der Waals surface area contributed by atoms with Gasteiger partial charge < -0.3 is 10.3 Å². The molecule has 3 aliphatic rings. The molecule has 0 saturated heterocycles. The van der Waals surface area contributed by atoms with Crippen LogP contribution >= 0.6 is 0 Å². The van der Waals surface area contributed by atoms with Gasteiger partial charge in [0.05, 0.1) is 35.4 Å². The molecule has 0 aliphatic heterocycles. The number of aromatic nitrogens is 2. The molecular formula is C24H27F4N3O2. The van der Waals surface area contributed by atoms with Gasteiger partial charge in [0.15, 0.2) is 0 Å². The molecule has 3 saturated carbocycles. The van der Waals surface area contributed by atoms with Crippen molar-refractivity contribution < 1.29 is 25.2 Å². The molecule has 6 rings (SSSR count). The fourth-order valence-electron chi connectivity index (χ4n) is 4.60. The predicted octanol–water partition coefficient (Wildman–Crippen LogP) is 5.20. The maximum absolute atomic E-state index is 14.6. The lowest BCUT2D eigenvalue weighted by molar-refractivity contribution is -0.121. The van der Waals surface area contributed by atoms with E-state index in [2.05, 4.69) is 22.2 Å². The van der Waals surface area contributed by atoms with Crippen molar-refractivity contribution in [1.29, 1.82) is 0 Å². The Balaban J connectivity index is 0.000000464. The number of amides is 1. The minimum absolute atomic E-state index is 0. The van der Waals surface area contributed by atoms with Crippen molar-refractivity contribution in [1.82, 2.24) is 15.3 Å². The van der Waals surface area contributed by atoms with Crippen molar-refractivity contribution in [3.05, 3.63) is 75.3 Å². The van der Waals surface area contributed by atoms with Gasteiger partial charge in [-0.25, -0.2) is 17.6 Å². The van der Waals surface area contributed by atoms with Gasteiger partial charge >= 0.3 is 0 Å². The number of fused-ring (bicyclic) bond motifs is 1. The van der Waals surface area contributed by atoms with E-state index in [0.717, 1.165) is 23.7 Å². The fourth-order valence-corrected chi connectivity index (χ4v) is 4.60. The molecule has 3 fully saturated rings. The number of benzene rings is 1. The molecule has 0 unspecified atom stereocenters. The van der Waals surface area contributed by atoms with Crippen molar-refractivity contribution >= 4 is 16.8 Å². The number of H-pyrrole nitrogens is 1. The summed E-state index contributed by atoms with van der Waals surface area (Å²) in [6, 6.07) is 2.86. The van der Waals surface area contributed by atoms with E-state index in [9.17, 15) is 27.2 Å². The van der Waals surface area contributed by atoms with E-state index in [-0.39, 0.29) is 19.5 Å². The predicted molar refractivity (Wildman–Crippen MR) is 119 cm³/mol. The highest BCUT2D eigenvalue weighted by atomic mass is 19.1. The first-order valence-corrected chi connectivity index (χ1v) is 10.6. The molecule has 2 bridgehead atoms. The van der Waals surface area contributed by atoms with Crippen LogP contribution in [-0.2, 0) is 11.2 Å². The lowest BCUT2D eigenvalue weighted by atomic mass is 9.46. The largest absolute Gasteiger partial charge is 0.348 e. The molecule has 178 valence electrons. The number of hydrogen-bond acceptors (Lipinski definition) is 3. The summed E-state index contributed by atoms with van der Waals surface area (Å²) in [7, 11) is 0. The van der Waals surface area contributed by atoms with Crippen LogP contribution in [-0.4, -0.2) is 15.9 Å². The monoisotopic (exact) mass is 465 g/mol. The third kappa shape index (κ3) is 4.77. The Hall–Kier alpha value is -3.23. The number of pyridine rings is 2. The van der Waals surface area contributed by atoms with Crippen LogP contribution in [0.4, 0.5) is 17.6 Å². The third-order valence-electron chi connectivity index (χ3n) is 6.31. The molecule has 1 aromatic carbocycles. The number of rotatable bonds is 4. The van der Waals surface area contributed by atoms with Gasteiger partial charge in [-0.3, -0.25) is 14.6 Å². The number of nitrogens with one attached hydrogen (secondary N) is 2. The number of carbonyl (C=O) groups is 1. The number of aromatic amines is 1. The van der Waals surface area contributed by atoms with Gasteiger partial charge in [0.1, 0.15) is 23.3 Å². The van der Waals surface area contributed by atoms with Gasteiger partial charge in [-0.1, -0.05) is 6.92 Å². The van der Waals surface area contributed by atoms with E-state index >= 15 is 0 Å². The lowest BCUT2D eigenvalue weighted by Crippen LogP contribution is -2.48. The van der Waals surface area contributed by atoms with E-state index in [1.165, 1.54) is 18.9 Å². The van der Waals surface area contributed by atoms with Gasteiger partial charge in [-0.2, -0.15) is 0 Å². The zero-order valence-electron chi connectivity index (χ0n) is 18.1. The lowest BCUT2D eigenvalue weighted by Gasteiger charge is -2.60. The Morgan fingerprint density at radius 1 is 1.21 bits per heavy atom. The molecule has 1 atom stereocenters. The van der Waals surface area contributed by atoms with Crippen LogP contribution in [0.3, 0.4) is 0 Å². The summed E-state index contributed by atoms with van der Waals surface area (Å²) >= 11 is 0. The smallest absolute Gasteiger partial charge is 0.255 e. The van der Waals surface area contributed by atoms with Gasteiger partial charge in [-0.15, -0.1) is 0 Å². The zero-order valence-corrected chi connectivity index (χ0v) is 18.1. The molecule has 2 N–H and O–H groups in total. The molecule has 1 amide bonds. The summed E-state index contributed by atoms with van der Waals surface area (Å²) in [5.41, 5.74) is -0.565. The van der Waals surface area contributed by atoms with Crippen molar-refractivity contribution in [2.45, 2.75) is 45.6 Å². The normalized spacial score (nSPS) is 21.3. The van der Waals surface area contributed by atoms with Gasteiger partial charge in [0.25, 0.3) is 5.56 Å². The summed E-state index contributed by atoms with van der Waals surface area (Å²) in [5, 5.41) is 2.19. The average Bonchev–Trinajstić information content (AvgIpc) is 2.69. The first-order valence-electron chi connectivity index (χ1n) is 10.6. The van der Waals surface area contributed by atoms with E-state index in [4.69, 9.17) is 0 Å². The minimum atomic E-state index is -1.01. The van der Waals surface area contributed by atoms with E-state index in [0.29, 0.717) is 6.07 Å². The van der Waals surface area contributed by atoms with Gasteiger partial charge in [-0.05, 0) is 55.7 Å². The summed E-state index contributed by atoms with van der Waals surface area (Å²) in [6.45, 7) is 3.80. The third-order valence-corrected chi connectivity index (χ3v) is 6.31. The Morgan fingerprint density at radius 3 is 2.45 bits per heavy atom. The molecular weight excluding hydrogens is 438 g/mol. The SMILES string of the molecule is CC12CC(C1)C2.C[C@@H](NC(=O)Cc1c(F)c2cc(F)ccc2[nH]c1=O)c1ncc(F)cc1F.[HH].[HH]. The molecule has 33 heavy (non-hydrogen) atoms. The van der Waals surface area contributed by atoms with Crippen LogP contribution in [0, 0.1) is 34.6 Å². The molecule has 2 aromatic heterocycles. The first kappa shape index (κ1) is 22.9. The second kappa shape index (κ2) is 8.61. The molecule has 0 radical (unpaired) electrons. The fraction of sp³-hybridized carbons (Fsp3) is 0.375. The first-order chi connectivity index (χ1) is 15.5. The molecule has 0 spiro atoms. The highest BCUT2D eigenvalue weighted by Crippen LogP contribution is 2.63. The van der Waals surface area contributed by atoms with Crippen LogP contribution in [0.25, 0.3) is 10.9 Å². The van der Waals surface area contributed by atoms with E-state index < -0.39 is 52.8 Å². The standard InChI is InChI=1S/C18H13F4N3O2.C6H10.2H2/c1-8(17-13(21)5-10(20)7-23-17)24-15(26)6-12-16(22)11-4-9(19)2-3-14(11)25-18(12)27;1-6-2-5(3-6)4-6;;/h2-5,7-8H,6H2,1H3,(H,24,26)(H,25,27);5H,2-4H2,1H3;2*1H/t8-;;;/m1.../s1. The topological polar surface area (TPSA) is 74.8 Å². The quantitative estimate of drug-likeness (QED) is 0.521. The maximum atomic E-state index is 14.6. The van der Waals surface area contributed by atoms with Crippen LogP contribution in [0.5, 0.6) is 0 Å². The zero-order chi connectivity index (χ0) is 23.9. The van der Waals surface area contributed by atoms with E-state index in [1.54, 1.807) is 19.3 Å². The molecule has 9 heteroatoms. The highest BCUT2D eigenvalue weighted by molar-refractivity contribution is 5.83. The second-order valence-corrected chi connectivity index (χ2v) is 9.21. The minimum Gasteiger partial charge on any atom is -0.348 e. The summed E-state index contributed by atoms with van der Waals surface area (Å²) in [5.74, 6) is -3.14. The number of nitrogens with zero attached hydrogens (tertiary/aromatic N) is 1.